The Hall–Kier alpha value is -2.01. The number of hydrogen-bond acceptors (Lipinski definition) is 3. The number of nitrogens with zero attached hydrogens (tertiary/aromatic N) is 2. The highest BCUT2D eigenvalue weighted by Gasteiger charge is 2.25. The summed E-state index contributed by atoms with van der Waals surface area (Å²) in [5.41, 5.74) is 1.91. The lowest BCUT2D eigenvalue weighted by Crippen LogP contribution is -2.17. The molecule has 1 N–H and O–H groups in total. The summed E-state index contributed by atoms with van der Waals surface area (Å²) in [7, 11) is 0. The van der Waals surface area contributed by atoms with Crippen LogP contribution in [0.1, 0.15) is 6.42 Å². The zero-order valence-electron chi connectivity index (χ0n) is 10.1. The number of benzene rings is 1. The maximum atomic E-state index is 11.1. The van der Waals surface area contributed by atoms with Gasteiger partial charge in [0.05, 0.1) is 10.6 Å². The Labute approximate surface area is 115 Å². The molecule has 0 aliphatic carbocycles. The smallest absolute Gasteiger partial charge is 0.311 e. The molecule has 0 fully saturated rings. The first kappa shape index (κ1) is 12.0. The number of nitro groups is 1. The summed E-state index contributed by atoms with van der Waals surface area (Å²) >= 11 is 5.87. The summed E-state index contributed by atoms with van der Waals surface area (Å²) in [6.07, 6.45) is 0.958. The van der Waals surface area contributed by atoms with Gasteiger partial charge in [-0.05, 0) is 24.1 Å². The van der Waals surface area contributed by atoms with Gasteiger partial charge in [0, 0.05) is 24.2 Å². The minimum Gasteiger partial charge on any atom is -0.366 e. The molecule has 2 heterocycles. The minimum absolute atomic E-state index is 0.129. The van der Waals surface area contributed by atoms with E-state index in [4.69, 9.17) is 11.6 Å². The molecular formula is C13H12ClN3O2. The van der Waals surface area contributed by atoms with Gasteiger partial charge in [0.1, 0.15) is 0 Å². The van der Waals surface area contributed by atoms with Crippen LogP contribution in [0.25, 0.3) is 11.3 Å². The summed E-state index contributed by atoms with van der Waals surface area (Å²) in [5, 5.41) is 14.9. The second kappa shape index (κ2) is 4.59. The fourth-order valence-corrected chi connectivity index (χ4v) is 2.52. The fourth-order valence-electron chi connectivity index (χ4n) is 2.40. The van der Waals surface area contributed by atoms with Crippen LogP contribution in [0.4, 0.5) is 11.5 Å². The Balaban J connectivity index is 2.16. The van der Waals surface area contributed by atoms with E-state index in [1.165, 1.54) is 0 Å². The molecule has 0 bridgehead atoms. The van der Waals surface area contributed by atoms with E-state index in [0.717, 1.165) is 30.8 Å². The molecule has 0 atom stereocenters. The van der Waals surface area contributed by atoms with Crippen molar-refractivity contribution in [3.63, 3.8) is 0 Å². The number of hydrogen-bond donors (Lipinski definition) is 1. The van der Waals surface area contributed by atoms with Gasteiger partial charge in [0.15, 0.2) is 5.82 Å². The molecule has 0 saturated heterocycles. The molecule has 2 aromatic rings. The third-order valence-electron chi connectivity index (χ3n) is 3.26. The molecule has 6 heteroatoms. The lowest BCUT2D eigenvalue weighted by molar-refractivity contribution is -0.383. The monoisotopic (exact) mass is 277 g/mol. The summed E-state index contributed by atoms with van der Waals surface area (Å²) in [6, 6.07) is 8.96. The maximum Gasteiger partial charge on any atom is 0.311 e. The molecule has 19 heavy (non-hydrogen) atoms. The average Bonchev–Trinajstić information content (AvgIpc) is 2.79. The number of anilines is 1. The Bertz CT molecular complexity index is 634. The van der Waals surface area contributed by atoms with E-state index in [9.17, 15) is 10.1 Å². The molecular weight excluding hydrogens is 266 g/mol. The Kier molecular flexibility index (Phi) is 2.91. The molecule has 1 aliphatic heterocycles. The van der Waals surface area contributed by atoms with Gasteiger partial charge in [-0.1, -0.05) is 23.7 Å². The highest BCUT2D eigenvalue weighted by Crippen LogP contribution is 2.36. The van der Waals surface area contributed by atoms with Gasteiger partial charge >= 0.3 is 5.69 Å². The van der Waals surface area contributed by atoms with Crippen molar-refractivity contribution in [2.45, 2.75) is 13.0 Å². The van der Waals surface area contributed by atoms with Crippen LogP contribution in [-0.4, -0.2) is 16.0 Å². The molecule has 0 radical (unpaired) electrons. The first-order chi connectivity index (χ1) is 9.16. The second-order valence-corrected chi connectivity index (χ2v) is 4.90. The first-order valence-corrected chi connectivity index (χ1v) is 6.42. The quantitative estimate of drug-likeness (QED) is 0.675. The van der Waals surface area contributed by atoms with Gasteiger partial charge in [-0.15, -0.1) is 0 Å². The number of nitrogens with one attached hydrogen (secondary N) is 1. The standard InChI is InChI=1S/C13H12ClN3O2/c14-10-4-2-9(3-5-10)11-8-12(17(18)19)13-15-6-1-7-16(11)13/h2-5,8,15H,1,6-7H2. The second-order valence-electron chi connectivity index (χ2n) is 4.46. The Morgan fingerprint density at radius 1 is 1.32 bits per heavy atom. The van der Waals surface area contributed by atoms with E-state index in [0.29, 0.717) is 10.8 Å². The molecule has 0 amide bonds. The van der Waals surface area contributed by atoms with Crippen LogP contribution in [0.15, 0.2) is 30.3 Å². The van der Waals surface area contributed by atoms with Crippen LogP contribution in [0, 0.1) is 10.1 Å². The van der Waals surface area contributed by atoms with Crippen LogP contribution >= 0.6 is 11.6 Å². The largest absolute Gasteiger partial charge is 0.366 e. The minimum atomic E-state index is -0.344. The van der Waals surface area contributed by atoms with Crippen molar-refractivity contribution in [1.82, 2.24) is 4.57 Å². The summed E-state index contributed by atoms with van der Waals surface area (Å²) in [5.74, 6) is 0.598. The predicted octanol–water partition coefficient (Wildman–Crippen LogP) is 3.53. The third-order valence-corrected chi connectivity index (χ3v) is 3.52. The molecule has 1 aromatic carbocycles. The van der Waals surface area contributed by atoms with Crippen LogP contribution < -0.4 is 5.32 Å². The normalized spacial score (nSPS) is 13.7. The van der Waals surface area contributed by atoms with E-state index in [-0.39, 0.29) is 10.6 Å². The number of halogens is 1. The van der Waals surface area contributed by atoms with Crippen LogP contribution in [-0.2, 0) is 6.54 Å². The van der Waals surface area contributed by atoms with Gasteiger partial charge in [0.2, 0.25) is 0 Å². The number of aromatic nitrogens is 1. The van der Waals surface area contributed by atoms with Crippen LogP contribution in [0.2, 0.25) is 5.02 Å². The van der Waals surface area contributed by atoms with E-state index in [2.05, 4.69) is 5.32 Å². The van der Waals surface area contributed by atoms with Crippen molar-refractivity contribution >= 4 is 23.1 Å². The van der Waals surface area contributed by atoms with Gasteiger partial charge in [-0.3, -0.25) is 10.1 Å². The molecule has 0 unspecified atom stereocenters. The molecule has 0 saturated carbocycles. The lowest BCUT2D eigenvalue weighted by Gasteiger charge is -2.18. The lowest BCUT2D eigenvalue weighted by atomic mass is 10.1. The topological polar surface area (TPSA) is 60.1 Å². The molecule has 1 aromatic heterocycles. The van der Waals surface area contributed by atoms with Crippen molar-refractivity contribution in [3.8, 4) is 11.3 Å². The van der Waals surface area contributed by atoms with E-state index >= 15 is 0 Å². The van der Waals surface area contributed by atoms with Crippen LogP contribution in [0.5, 0.6) is 0 Å². The van der Waals surface area contributed by atoms with Crippen molar-refractivity contribution in [3.05, 3.63) is 45.5 Å². The van der Waals surface area contributed by atoms with E-state index < -0.39 is 0 Å². The molecule has 1 aliphatic rings. The molecule has 3 rings (SSSR count). The van der Waals surface area contributed by atoms with Gasteiger partial charge in [-0.2, -0.15) is 0 Å². The Morgan fingerprint density at radius 3 is 2.74 bits per heavy atom. The van der Waals surface area contributed by atoms with Gasteiger partial charge in [0.25, 0.3) is 0 Å². The summed E-state index contributed by atoms with van der Waals surface area (Å²) < 4.78 is 1.96. The van der Waals surface area contributed by atoms with Crippen molar-refractivity contribution < 1.29 is 4.92 Å². The predicted molar refractivity (Wildman–Crippen MR) is 74.6 cm³/mol. The SMILES string of the molecule is O=[N+]([O-])c1cc(-c2ccc(Cl)cc2)n2c1NCCC2. The highest BCUT2D eigenvalue weighted by atomic mass is 35.5. The summed E-state index contributed by atoms with van der Waals surface area (Å²) in [6.45, 7) is 1.55. The van der Waals surface area contributed by atoms with Crippen LogP contribution in [0.3, 0.4) is 0 Å². The van der Waals surface area contributed by atoms with Gasteiger partial charge < -0.3 is 9.88 Å². The maximum absolute atomic E-state index is 11.1. The highest BCUT2D eigenvalue weighted by molar-refractivity contribution is 6.30. The summed E-state index contributed by atoms with van der Waals surface area (Å²) in [4.78, 5) is 10.8. The zero-order valence-corrected chi connectivity index (χ0v) is 10.9. The van der Waals surface area contributed by atoms with Crippen molar-refractivity contribution in [1.29, 1.82) is 0 Å². The molecule has 98 valence electrons. The first-order valence-electron chi connectivity index (χ1n) is 6.04. The zero-order chi connectivity index (χ0) is 13.4. The molecule has 0 spiro atoms. The van der Waals surface area contributed by atoms with Crippen molar-refractivity contribution in [2.24, 2.45) is 0 Å². The third kappa shape index (κ3) is 2.06. The fraction of sp³-hybridized carbons (Fsp3) is 0.231. The van der Waals surface area contributed by atoms with E-state index in [1.807, 2.05) is 16.7 Å². The average molecular weight is 278 g/mol. The van der Waals surface area contributed by atoms with Gasteiger partial charge in [-0.25, -0.2) is 0 Å². The number of rotatable bonds is 2. The van der Waals surface area contributed by atoms with Crippen molar-refractivity contribution in [2.75, 3.05) is 11.9 Å². The van der Waals surface area contributed by atoms with E-state index in [1.54, 1.807) is 18.2 Å². The molecule has 5 nitrogen and oxygen atoms in total. The Morgan fingerprint density at radius 2 is 2.05 bits per heavy atom. The number of fused-ring (bicyclic) bond motifs is 1.